The van der Waals surface area contributed by atoms with Crippen LogP contribution in [0, 0.1) is 23.2 Å². The molecular weight excluding hydrogens is 260 g/mol. The van der Waals surface area contributed by atoms with Crippen LogP contribution in [0.2, 0.25) is 0 Å². The quantitative estimate of drug-likeness (QED) is 0.733. The Morgan fingerprint density at radius 3 is 2.90 bits per heavy atom. The average Bonchev–Trinajstić information content (AvgIpc) is 2.82. The minimum atomic E-state index is -0.0508. The van der Waals surface area contributed by atoms with Crippen LogP contribution in [-0.4, -0.2) is 18.3 Å². The van der Waals surface area contributed by atoms with Gasteiger partial charge in [-0.25, -0.2) is 0 Å². The molecule has 2 nitrogen and oxygen atoms in total. The highest BCUT2D eigenvalue weighted by atomic mass is 16.5. The fourth-order valence-corrected chi connectivity index (χ4v) is 6.02. The summed E-state index contributed by atoms with van der Waals surface area (Å²) in [6.45, 7) is 2.36. The van der Waals surface area contributed by atoms with Crippen LogP contribution in [0.5, 0.6) is 0 Å². The van der Waals surface area contributed by atoms with E-state index >= 15 is 0 Å². The second-order valence-corrected chi connectivity index (χ2v) is 7.94. The van der Waals surface area contributed by atoms with Gasteiger partial charge in [-0.1, -0.05) is 18.1 Å². The first-order valence-electron chi connectivity index (χ1n) is 8.75. The Hall–Kier alpha value is -0.760. The van der Waals surface area contributed by atoms with Gasteiger partial charge in [0.25, 0.3) is 0 Å². The van der Waals surface area contributed by atoms with Gasteiger partial charge in [0.15, 0.2) is 0 Å². The Balaban J connectivity index is 1.61. The van der Waals surface area contributed by atoms with Crippen molar-refractivity contribution in [2.75, 3.05) is 7.11 Å². The molecule has 0 aromatic rings. The van der Waals surface area contributed by atoms with Gasteiger partial charge in [0.05, 0.1) is 19.0 Å². The molecule has 4 aliphatic rings. The SMILES string of the molecule is COC1=CCC2=C(CC[C@@H]3[C@@H]2CC[C@]2(C)[C@H](O)CC[C@H]32)C1. The number of methoxy groups -OCH3 is 1. The summed E-state index contributed by atoms with van der Waals surface area (Å²) in [7, 11) is 1.80. The highest BCUT2D eigenvalue weighted by Crippen LogP contribution is 2.61. The standard InChI is InChI=1S/C19H28O2/c1-19-10-9-15-14-6-4-13(21-2)11-12(14)3-5-16(15)17(19)7-8-18(19)20/h4,15-18,20H,3,5-11H2,1-2H3/t15-,16-,17-,18-,19+/m1/s1. The van der Waals surface area contributed by atoms with E-state index in [2.05, 4.69) is 13.0 Å². The van der Waals surface area contributed by atoms with E-state index in [1.165, 1.54) is 37.9 Å². The van der Waals surface area contributed by atoms with Crippen molar-refractivity contribution in [3.8, 4) is 0 Å². The minimum absolute atomic E-state index is 0.0508. The average molecular weight is 288 g/mol. The number of hydrogen-bond donors (Lipinski definition) is 1. The van der Waals surface area contributed by atoms with Crippen molar-refractivity contribution in [1.82, 2.24) is 0 Å². The van der Waals surface area contributed by atoms with E-state index in [0.29, 0.717) is 0 Å². The Kier molecular flexibility index (Phi) is 3.22. The molecule has 0 aromatic heterocycles. The molecule has 0 aromatic carbocycles. The second-order valence-electron chi connectivity index (χ2n) is 7.94. The van der Waals surface area contributed by atoms with E-state index < -0.39 is 0 Å². The van der Waals surface area contributed by atoms with Crippen molar-refractivity contribution < 1.29 is 9.84 Å². The van der Waals surface area contributed by atoms with E-state index in [4.69, 9.17) is 4.74 Å². The molecule has 4 rings (SSSR count). The van der Waals surface area contributed by atoms with Crippen LogP contribution in [0.4, 0.5) is 0 Å². The molecule has 1 N–H and O–H groups in total. The van der Waals surface area contributed by atoms with E-state index in [-0.39, 0.29) is 11.5 Å². The molecule has 0 unspecified atom stereocenters. The van der Waals surface area contributed by atoms with E-state index in [0.717, 1.165) is 37.0 Å². The molecule has 0 saturated heterocycles. The molecule has 4 aliphatic carbocycles. The third-order valence-electron chi connectivity index (χ3n) is 7.27. The molecule has 2 saturated carbocycles. The minimum Gasteiger partial charge on any atom is -0.501 e. The highest BCUT2D eigenvalue weighted by Gasteiger charge is 2.54. The van der Waals surface area contributed by atoms with Gasteiger partial charge in [0, 0.05) is 6.42 Å². The third-order valence-corrected chi connectivity index (χ3v) is 7.27. The first kappa shape index (κ1) is 13.9. The molecule has 0 heterocycles. The maximum atomic E-state index is 10.4. The number of aliphatic hydroxyl groups excluding tert-OH is 1. The van der Waals surface area contributed by atoms with Crippen LogP contribution >= 0.6 is 0 Å². The summed E-state index contributed by atoms with van der Waals surface area (Å²) in [6, 6.07) is 0. The van der Waals surface area contributed by atoms with E-state index in [1.807, 2.05) is 0 Å². The molecule has 0 radical (unpaired) electrons. The Bertz CT molecular complexity index is 504. The Morgan fingerprint density at radius 1 is 1.24 bits per heavy atom. The number of hydrogen-bond acceptors (Lipinski definition) is 2. The van der Waals surface area contributed by atoms with Gasteiger partial charge in [-0.2, -0.15) is 0 Å². The first-order chi connectivity index (χ1) is 10.1. The topological polar surface area (TPSA) is 29.5 Å². The summed E-state index contributed by atoms with van der Waals surface area (Å²) in [5.41, 5.74) is 3.63. The number of rotatable bonds is 1. The Labute approximate surface area is 128 Å². The predicted molar refractivity (Wildman–Crippen MR) is 83.6 cm³/mol. The van der Waals surface area contributed by atoms with Crippen molar-refractivity contribution in [1.29, 1.82) is 0 Å². The normalized spacial score (nSPS) is 45.6. The van der Waals surface area contributed by atoms with Gasteiger partial charge in [-0.15, -0.1) is 0 Å². The molecule has 5 atom stereocenters. The zero-order valence-electron chi connectivity index (χ0n) is 13.4. The maximum Gasteiger partial charge on any atom is 0.0959 e. The molecule has 0 aliphatic heterocycles. The largest absolute Gasteiger partial charge is 0.501 e. The predicted octanol–water partition coefficient (Wildman–Crippen LogP) is 4.20. The lowest BCUT2D eigenvalue weighted by molar-refractivity contribution is -0.0312. The van der Waals surface area contributed by atoms with Gasteiger partial charge in [0.2, 0.25) is 0 Å². The van der Waals surface area contributed by atoms with Crippen molar-refractivity contribution >= 4 is 0 Å². The van der Waals surface area contributed by atoms with Crippen LogP contribution in [0.15, 0.2) is 23.0 Å². The van der Waals surface area contributed by atoms with Gasteiger partial charge in [-0.3, -0.25) is 0 Å². The smallest absolute Gasteiger partial charge is 0.0959 e. The molecule has 0 amide bonds. The molecular formula is C19H28O2. The van der Waals surface area contributed by atoms with Crippen LogP contribution in [0.3, 0.4) is 0 Å². The summed E-state index contributed by atoms with van der Waals surface area (Å²) in [4.78, 5) is 0. The van der Waals surface area contributed by atoms with Crippen LogP contribution in [0.25, 0.3) is 0 Å². The second kappa shape index (κ2) is 4.87. The summed E-state index contributed by atoms with van der Waals surface area (Å²) in [5.74, 6) is 3.56. The molecule has 0 spiro atoms. The van der Waals surface area contributed by atoms with Gasteiger partial charge in [0.1, 0.15) is 0 Å². The van der Waals surface area contributed by atoms with Gasteiger partial charge < -0.3 is 9.84 Å². The Morgan fingerprint density at radius 2 is 2.10 bits per heavy atom. The molecule has 2 heteroatoms. The van der Waals surface area contributed by atoms with Crippen molar-refractivity contribution in [3.05, 3.63) is 23.0 Å². The number of fused-ring (bicyclic) bond motifs is 4. The lowest BCUT2D eigenvalue weighted by Gasteiger charge is -2.51. The van der Waals surface area contributed by atoms with Crippen LogP contribution < -0.4 is 0 Å². The van der Waals surface area contributed by atoms with Crippen molar-refractivity contribution in [3.63, 3.8) is 0 Å². The number of allylic oxidation sites excluding steroid dienone is 3. The fourth-order valence-electron chi connectivity index (χ4n) is 6.02. The summed E-state index contributed by atoms with van der Waals surface area (Å²) in [6.07, 6.45) is 11.8. The van der Waals surface area contributed by atoms with E-state index in [9.17, 15) is 5.11 Å². The van der Waals surface area contributed by atoms with E-state index in [1.54, 1.807) is 18.3 Å². The lowest BCUT2D eigenvalue weighted by Crippen LogP contribution is -2.45. The van der Waals surface area contributed by atoms with Crippen LogP contribution in [-0.2, 0) is 4.74 Å². The van der Waals surface area contributed by atoms with Gasteiger partial charge in [-0.05, 0) is 74.2 Å². The molecule has 21 heavy (non-hydrogen) atoms. The van der Waals surface area contributed by atoms with Crippen LogP contribution in [0.1, 0.15) is 58.3 Å². The summed E-state index contributed by atoms with van der Waals surface area (Å²) >= 11 is 0. The van der Waals surface area contributed by atoms with Gasteiger partial charge >= 0.3 is 0 Å². The number of ether oxygens (including phenoxy) is 1. The first-order valence-corrected chi connectivity index (χ1v) is 8.75. The van der Waals surface area contributed by atoms with Crippen molar-refractivity contribution in [2.24, 2.45) is 23.2 Å². The zero-order valence-corrected chi connectivity index (χ0v) is 13.4. The third kappa shape index (κ3) is 1.94. The fraction of sp³-hybridized carbons (Fsp3) is 0.789. The molecule has 2 fully saturated rings. The monoisotopic (exact) mass is 288 g/mol. The molecule has 0 bridgehead atoms. The maximum absolute atomic E-state index is 10.4. The van der Waals surface area contributed by atoms with Crippen molar-refractivity contribution in [2.45, 2.75) is 64.4 Å². The highest BCUT2D eigenvalue weighted by molar-refractivity contribution is 5.32. The molecule has 116 valence electrons. The zero-order chi connectivity index (χ0) is 14.6. The lowest BCUT2D eigenvalue weighted by atomic mass is 9.54. The summed E-state index contributed by atoms with van der Waals surface area (Å²) < 4.78 is 5.47. The number of aliphatic hydroxyl groups is 1. The summed E-state index contributed by atoms with van der Waals surface area (Å²) in [5, 5.41) is 10.4.